The van der Waals surface area contributed by atoms with Crippen LogP contribution in [-0.4, -0.2) is 53.0 Å². The highest BCUT2D eigenvalue weighted by atomic mass is 16.1. The molecule has 134 valence electrons. The van der Waals surface area contributed by atoms with E-state index in [-0.39, 0.29) is 5.56 Å². The van der Waals surface area contributed by atoms with E-state index < -0.39 is 0 Å². The van der Waals surface area contributed by atoms with E-state index in [0.717, 1.165) is 56.9 Å². The summed E-state index contributed by atoms with van der Waals surface area (Å²) in [6, 6.07) is 9.91. The lowest BCUT2D eigenvalue weighted by molar-refractivity contribution is 0.148. The molecule has 0 atom stereocenters. The van der Waals surface area contributed by atoms with Crippen LogP contribution in [0.2, 0.25) is 0 Å². The molecule has 1 saturated heterocycles. The first-order chi connectivity index (χ1) is 12.1. The maximum absolute atomic E-state index is 11.7. The van der Waals surface area contributed by atoms with Gasteiger partial charge in [-0.2, -0.15) is 0 Å². The van der Waals surface area contributed by atoms with Gasteiger partial charge in [0.15, 0.2) is 0 Å². The van der Waals surface area contributed by atoms with Gasteiger partial charge in [0.05, 0.1) is 0 Å². The van der Waals surface area contributed by atoms with Crippen LogP contribution in [0.1, 0.15) is 24.6 Å². The highest BCUT2D eigenvalue weighted by Gasteiger charge is 2.13. The molecule has 0 radical (unpaired) electrons. The molecule has 2 aromatic rings. The normalized spacial score (nSPS) is 16.1. The van der Waals surface area contributed by atoms with Crippen molar-refractivity contribution in [2.75, 3.05) is 38.5 Å². The maximum atomic E-state index is 11.7. The van der Waals surface area contributed by atoms with Gasteiger partial charge < -0.3 is 10.2 Å². The predicted octanol–water partition coefficient (Wildman–Crippen LogP) is 2.21. The number of nitrogens with one attached hydrogen (secondary N) is 2. The zero-order valence-electron chi connectivity index (χ0n) is 15.1. The number of anilines is 2. The molecule has 2 heterocycles. The molecule has 0 bridgehead atoms. The molecule has 0 aliphatic carbocycles. The number of hydrogen-bond donors (Lipinski definition) is 2. The van der Waals surface area contributed by atoms with Gasteiger partial charge in [-0.05, 0) is 31.2 Å². The number of H-pyrrole nitrogens is 1. The average molecular weight is 341 g/mol. The number of nitrogens with zero attached hydrogens (tertiary/aromatic N) is 3. The fourth-order valence-corrected chi connectivity index (χ4v) is 3.05. The molecule has 0 unspecified atom stereocenters. The molecule has 1 aliphatic heterocycles. The summed E-state index contributed by atoms with van der Waals surface area (Å²) < 4.78 is 0. The van der Waals surface area contributed by atoms with Gasteiger partial charge in [0.25, 0.3) is 5.56 Å². The van der Waals surface area contributed by atoms with Crippen molar-refractivity contribution in [3.63, 3.8) is 0 Å². The summed E-state index contributed by atoms with van der Waals surface area (Å²) in [4.78, 5) is 23.8. The largest absolute Gasteiger partial charge is 0.326 e. The Hall–Kier alpha value is -2.18. The minimum atomic E-state index is -0.118. The Morgan fingerprint density at radius 3 is 2.56 bits per heavy atom. The summed E-state index contributed by atoms with van der Waals surface area (Å²) in [5, 5.41) is 3.19. The lowest BCUT2D eigenvalue weighted by Gasteiger charge is -2.32. The van der Waals surface area contributed by atoms with Crippen molar-refractivity contribution in [1.82, 2.24) is 19.8 Å². The number of hydrogen-bond acceptors (Lipinski definition) is 5. The molecular weight excluding hydrogens is 314 g/mol. The van der Waals surface area contributed by atoms with Gasteiger partial charge in [0, 0.05) is 50.2 Å². The van der Waals surface area contributed by atoms with E-state index in [0.29, 0.717) is 5.95 Å². The van der Waals surface area contributed by atoms with E-state index >= 15 is 0 Å². The van der Waals surface area contributed by atoms with Crippen LogP contribution in [0.3, 0.4) is 0 Å². The Morgan fingerprint density at radius 1 is 1.16 bits per heavy atom. The Bertz CT molecular complexity index is 732. The third-order valence-electron chi connectivity index (χ3n) is 4.52. The molecule has 3 rings (SSSR count). The molecule has 0 spiro atoms. The topological polar surface area (TPSA) is 64.3 Å². The highest BCUT2D eigenvalue weighted by molar-refractivity contribution is 5.53. The van der Waals surface area contributed by atoms with Gasteiger partial charge in [-0.15, -0.1) is 0 Å². The summed E-state index contributed by atoms with van der Waals surface area (Å²) in [6.45, 7) is 7.56. The molecule has 1 fully saturated rings. The molecule has 0 amide bonds. The third-order valence-corrected chi connectivity index (χ3v) is 4.52. The van der Waals surface area contributed by atoms with Crippen LogP contribution in [0.4, 0.5) is 11.6 Å². The number of benzene rings is 1. The molecule has 1 aromatic carbocycles. The standard InChI is InChI=1S/C19H27N5O/c1-3-4-17-13-18(25)22-19(21-17)20-16-7-5-15(6-8-16)14-24-11-9-23(2)10-12-24/h5-8,13H,3-4,9-12,14H2,1-2H3,(H2,20,21,22,25). The first-order valence-electron chi connectivity index (χ1n) is 8.99. The van der Waals surface area contributed by atoms with Crippen molar-refractivity contribution < 1.29 is 0 Å². The Labute approximate surface area is 148 Å². The molecular formula is C19H27N5O. The van der Waals surface area contributed by atoms with Crippen molar-refractivity contribution in [3.8, 4) is 0 Å². The van der Waals surface area contributed by atoms with Gasteiger partial charge in [-0.25, -0.2) is 4.98 Å². The molecule has 6 nitrogen and oxygen atoms in total. The van der Waals surface area contributed by atoms with Crippen LogP contribution in [0.25, 0.3) is 0 Å². The average Bonchev–Trinajstić information content (AvgIpc) is 2.58. The number of aryl methyl sites for hydroxylation is 1. The summed E-state index contributed by atoms with van der Waals surface area (Å²) in [5.41, 5.74) is 2.93. The van der Waals surface area contributed by atoms with E-state index in [1.54, 1.807) is 6.07 Å². The zero-order valence-corrected chi connectivity index (χ0v) is 15.1. The first-order valence-corrected chi connectivity index (χ1v) is 8.99. The smallest absolute Gasteiger partial charge is 0.252 e. The fourth-order valence-electron chi connectivity index (χ4n) is 3.05. The Balaban J connectivity index is 1.62. The minimum absolute atomic E-state index is 0.118. The van der Waals surface area contributed by atoms with Crippen LogP contribution in [0.5, 0.6) is 0 Å². The second kappa shape index (κ2) is 8.27. The van der Waals surface area contributed by atoms with Gasteiger partial charge >= 0.3 is 0 Å². The van der Waals surface area contributed by atoms with Gasteiger partial charge in [-0.3, -0.25) is 14.7 Å². The predicted molar refractivity (Wildman–Crippen MR) is 101 cm³/mol. The summed E-state index contributed by atoms with van der Waals surface area (Å²) >= 11 is 0. The van der Waals surface area contributed by atoms with Crippen molar-refractivity contribution in [2.45, 2.75) is 26.3 Å². The van der Waals surface area contributed by atoms with Crippen LogP contribution < -0.4 is 10.9 Å². The van der Waals surface area contributed by atoms with E-state index in [1.807, 2.05) is 12.1 Å². The van der Waals surface area contributed by atoms with Gasteiger partial charge in [0.1, 0.15) is 0 Å². The zero-order chi connectivity index (χ0) is 17.6. The minimum Gasteiger partial charge on any atom is -0.326 e. The highest BCUT2D eigenvalue weighted by Crippen LogP contribution is 2.15. The Morgan fingerprint density at radius 2 is 1.88 bits per heavy atom. The van der Waals surface area contributed by atoms with Crippen LogP contribution in [-0.2, 0) is 13.0 Å². The van der Waals surface area contributed by atoms with E-state index in [2.05, 4.69) is 51.2 Å². The monoisotopic (exact) mass is 341 g/mol. The lowest BCUT2D eigenvalue weighted by atomic mass is 10.2. The molecule has 2 N–H and O–H groups in total. The second-order valence-corrected chi connectivity index (χ2v) is 6.74. The van der Waals surface area contributed by atoms with Crippen molar-refractivity contribution >= 4 is 11.6 Å². The first kappa shape index (κ1) is 17.6. The lowest BCUT2D eigenvalue weighted by Crippen LogP contribution is -2.43. The molecule has 1 aromatic heterocycles. The Kier molecular flexibility index (Phi) is 5.83. The number of aromatic amines is 1. The maximum Gasteiger partial charge on any atom is 0.252 e. The van der Waals surface area contributed by atoms with E-state index in [9.17, 15) is 4.79 Å². The van der Waals surface area contributed by atoms with Crippen molar-refractivity contribution in [3.05, 3.63) is 51.9 Å². The third kappa shape index (κ3) is 5.14. The summed E-state index contributed by atoms with van der Waals surface area (Å²) in [6.07, 6.45) is 1.78. The number of likely N-dealkylation sites (N-methyl/N-ethyl adjacent to an activating group) is 1. The van der Waals surface area contributed by atoms with E-state index in [1.165, 1.54) is 5.56 Å². The van der Waals surface area contributed by atoms with Crippen molar-refractivity contribution in [1.29, 1.82) is 0 Å². The SMILES string of the molecule is CCCc1cc(=O)[nH]c(Nc2ccc(CN3CCN(C)CC3)cc2)n1. The number of piperazine rings is 1. The van der Waals surface area contributed by atoms with Gasteiger partial charge in [-0.1, -0.05) is 25.5 Å². The molecule has 25 heavy (non-hydrogen) atoms. The van der Waals surface area contributed by atoms with Crippen LogP contribution in [0, 0.1) is 0 Å². The van der Waals surface area contributed by atoms with Crippen LogP contribution >= 0.6 is 0 Å². The molecule has 1 aliphatic rings. The summed E-state index contributed by atoms with van der Waals surface area (Å²) in [7, 11) is 2.17. The van der Waals surface area contributed by atoms with E-state index in [4.69, 9.17) is 0 Å². The quantitative estimate of drug-likeness (QED) is 0.843. The molecule has 0 saturated carbocycles. The van der Waals surface area contributed by atoms with Gasteiger partial charge in [0.2, 0.25) is 5.95 Å². The fraction of sp³-hybridized carbons (Fsp3) is 0.474. The summed E-state index contributed by atoms with van der Waals surface area (Å²) in [5.74, 6) is 0.503. The van der Waals surface area contributed by atoms with Crippen LogP contribution in [0.15, 0.2) is 35.1 Å². The number of rotatable bonds is 6. The number of aromatic nitrogens is 2. The molecule has 6 heteroatoms. The van der Waals surface area contributed by atoms with Crippen molar-refractivity contribution in [2.24, 2.45) is 0 Å². The second-order valence-electron chi connectivity index (χ2n) is 6.74.